The lowest BCUT2D eigenvalue weighted by Crippen LogP contribution is -1.89. The summed E-state index contributed by atoms with van der Waals surface area (Å²) in [5.41, 5.74) is 4.41. The predicted octanol–water partition coefficient (Wildman–Crippen LogP) is 3.01. The van der Waals surface area contributed by atoms with Crippen LogP contribution in [0.1, 0.15) is 11.1 Å². The van der Waals surface area contributed by atoms with Crippen LogP contribution in [0, 0.1) is 13.8 Å². The van der Waals surface area contributed by atoms with Crippen LogP contribution in [-0.4, -0.2) is 14.6 Å². The van der Waals surface area contributed by atoms with Gasteiger partial charge in [-0.3, -0.25) is 4.40 Å². The molecule has 3 aromatic rings. The highest BCUT2D eigenvalue weighted by Gasteiger charge is 2.07. The van der Waals surface area contributed by atoms with Gasteiger partial charge in [-0.25, -0.2) is 0 Å². The molecule has 0 fully saturated rings. The zero-order valence-electron chi connectivity index (χ0n) is 9.88. The fourth-order valence-corrected chi connectivity index (χ4v) is 1.97. The van der Waals surface area contributed by atoms with Gasteiger partial charge >= 0.3 is 0 Å². The average molecular weight is 223 g/mol. The number of fused-ring (bicyclic) bond motifs is 1. The Morgan fingerprint density at radius 3 is 2.59 bits per heavy atom. The maximum Gasteiger partial charge on any atom is 0.168 e. The van der Waals surface area contributed by atoms with Crippen molar-refractivity contribution in [2.24, 2.45) is 0 Å². The molecule has 2 heterocycles. The lowest BCUT2D eigenvalue weighted by molar-refractivity contribution is 1.11. The average Bonchev–Trinajstić information content (AvgIpc) is 2.71. The molecule has 3 heteroatoms. The Morgan fingerprint density at radius 1 is 0.941 bits per heavy atom. The standard InChI is InChI=1S/C14H13N3/c1-10-4-3-5-12(8-10)14-16-15-13-9-11(2)6-7-17(13)14/h3-9H,1-2H3. The van der Waals surface area contributed by atoms with Crippen LogP contribution in [0.5, 0.6) is 0 Å². The van der Waals surface area contributed by atoms with Crippen molar-refractivity contribution in [3.05, 3.63) is 53.7 Å². The third kappa shape index (κ3) is 1.69. The van der Waals surface area contributed by atoms with Crippen molar-refractivity contribution in [3.63, 3.8) is 0 Å². The Kier molecular flexibility index (Phi) is 2.18. The van der Waals surface area contributed by atoms with Crippen LogP contribution < -0.4 is 0 Å². The first-order valence-corrected chi connectivity index (χ1v) is 5.62. The minimum Gasteiger partial charge on any atom is -0.282 e. The molecule has 84 valence electrons. The Bertz CT molecular complexity index is 683. The Morgan fingerprint density at radius 2 is 1.76 bits per heavy atom. The Balaban J connectivity index is 2.24. The van der Waals surface area contributed by atoms with Crippen LogP contribution in [0.25, 0.3) is 17.0 Å². The van der Waals surface area contributed by atoms with Gasteiger partial charge in [0.15, 0.2) is 11.5 Å². The lowest BCUT2D eigenvalue weighted by atomic mass is 10.1. The third-order valence-electron chi connectivity index (χ3n) is 2.84. The summed E-state index contributed by atoms with van der Waals surface area (Å²) in [5, 5.41) is 8.46. The van der Waals surface area contributed by atoms with E-state index in [0.29, 0.717) is 0 Å². The number of aryl methyl sites for hydroxylation is 2. The number of hydrogen-bond donors (Lipinski definition) is 0. The fraction of sp³-hybridized carbons (Fsp3) is 0.143. The molecule has 0 N–H and O–H groups in total. The van der Waals surface area contributed by atoms with E-state index in [1.165, 1.54) is 11.1 Å². The molecule has 0 saturated carbocycles. The Labute approximate surface area is 99.7 Å². The summed E-state index contributed by atoms with van der Waals surface area (Å²) in [5.74, 6) is 0.892. The minimum absolute atomic E-state index is 0.890. The number of nitrogens with zero attached hydrogens (tertiary/aromatic N) is 3. The summed E-state index contributed by atoms with van der Waals surface area (Å²) in [6, 6.07) is 12.4. The number of aromatic nitrogens is 3. The fourth-order valence-electron chi connectivity index (χ4n) is 1.97. The van der Waals surface area contributed by atoms with Crippen molar-refractivity contribution >= 4 is 5.65 Å². The zero-order valence-corrected chi connectivity index (χ0v) is 9.88. The second-order valence-electron chi connectivity index (χ2n) is 4.33. The van der Waals surface area contributed by atoms with Gasteiger partial charge in [0.2, 0.25) is 0 Å². The van der Waals surface area contributed by atoms with E-state index in [4.69, 9.17) is 0 Å². The first-order valence-electron chi connectivity index (χ1n) is 5.62. The SMILES string of the molecule is Cc1cccc(-c2nnc3cc(C)ccn23)c1. The summed E-state index contributed by atoms with van der Waals surface area (Å²) in [4.78, 5) is 0. The van der Waals surface area contributed by atoms with Crippen molar-refractivity contribution in [1.82, 2.24) is 14.6 Å². The van der Waals surface area contributed by atoms with E-state index in [1.54, 1.807) is 0 Å². The molecule has 0 spiro atoms. The maximum atomic E-state index is 4.26. The van der Waals surface area contributed by atoms with Gasteiger partial charge in [-0.1, -0.05) is 23.8 Å². The van der Waals surface area contributed by atoms with Crippen molar-refractivity contribution in [2.75, 3.05) is 0 Å². The summed E-state index contributed by atoms with van der Waals surface area (Å²) >= 11 is 0. The molecule has 1 aromatic carbocycles. The van der Waals surface area contributed by atoms with Crippen LogP contribution >= 0.6 is 0 Å². The van der Waals surface area contributed by atoms with Gasteiger partial charge < -0.3 is 0 Å². The summed E-state index contributed by atoms with van der Waals surface area (Å²) in [6.45, 7) is 4.14. The highest BCUT2D eigenvalue weighted by molar-refractivity contribution is 5.60. The van der Waals surface area contributed by atoms with E-state index in [1.807, 2.05) is 22.7 Å². The van der Waals surface area contributed by atoms with Crippen LogP contribution in [-0.2, 0) is 0 Å². The molecular formula is C14H13N3. The van der Waals surface area contributed by atoms with Gasteiger partial charge in [-0.15, -0.1) is 10.2 Å². The van der Waals surface area contributed by atoms with Gasteiger partial charge in [0.05, 0.1) is 0 Å². The molecule has 0 saturated heterocycles. The highest BCUT2D eigenvalue weighted by Crippen LogP contribution is 2.19. The predicted molar refractivity (Wildman–Crippen MR) is 67.9 cm³/mol. The second-order valence-corrected chi connectivity index (χ2v) is 4.33. The summed E-state index contributed by atoms with van der Waals surface area (Å²) in [6.07, 6.45) is 2.02. The number of benzene rings is 1. The van der Waals surface area contributed by atoms with Gasteiger partial charge in [0.1, 0.15) is 0 Å². The van der Waals surface area contributed by atoms with Crippen molar-refractivity contribution < 1.29 is 0 Å². The molecule has 0 aliphatic heterocycles. The van der Waals surface area contributed by atoms with Crippen molar-refractivity contribution in [3.8, 4) is 11.4 Å². The third-order valence-corrected chi connectivity index (χ3v) is 2.84. The van der Waals surface area contributed by atoms with E-state index >= 15 is 0 Å². The van der Waals surface area contributed by atoms with Crippen LogP contribution in [0.3, 0.4) is 0 Å². The van der Waals surface area contributed by atoms with Crippen molar-refractivity contribution in [1.29, 1.82) is 0 Å². The number of hydrogen-bond acceptors (Lipinski definition) is 2. The molecular weight excluding hydrogens is 210 g/mol. The minimum atomic E-state index is 0.890. The molecule has 0 atom stereocenters. The van der Waals surface area contributed by atoms with Gasteiger partial charge in [-0.2, -0.15) is 0 Å². The first kappa shape index (κ1) is 10.0. The van der Waals surface area contributed by atoms with E-state index in [9.17, 15) is 0 Å². The zero-order chi connectivity index (χ0) is 11.8. The summed E-state index contributed by atoms with van der Waals surface area (Å²) in [7, 11) is 0. The smallest absolute Gasteiger partial charge is 0.168 e. The highest BCUT2D eigenvalue weighted by atomic mass is 15.2. The van der Waals surface area contributed by atoms with E-state index in [0.717, 1.165) is 17.0 Å². The van der Waals surface area contributed by atoms with E-state index in [-0.39, 0.29) is 0 Å². The largest absolute Gasteiger partial charge is 0.282 e. The van der Waals surface area contributed by atoms with Crippen molar-refractivity contribution in [2.45, 2.75) is 13.8 Å². The quantitative estimate of drug-likeness (QED) is 0.634. The van der Waals surface area contributed by atoms with Gasteiger partial charge in [-0.05, 0) is 37.6 Å². The number of rotatable bonds is 1. The van der Waals surface area contributed by atoms with E-state index in [2.05, 4.69) is 48.3 Å². The summed E-state index contributed by atoms with van der Waals surface area (Å²) < 4.78 is 2.02. The Hall–Kier alpha value is -2.16. The molecule has 3 nitrogen and oxygen atoms in total. The molecule has 17 heavy (non-hydrogen) atoms. The van der Waals surface area contributed by atoms with Crippen LogP contribution in [0.2, 0.25) is 0 Å². The monoisotopic (exact) mass is 223 g/mol. The number of pyridine rings is 1. The lowest BCUT2D eigenvalue weighted by Gasteiger charge is -2.01. The normalized spacial score (nSPS) is 10.9. The molecule has 3 rings (SSSR count). The van der Waals surface area contributed by atoms with E-state index < -0.39 is 0 Å². The second kappa shape index (κ2) is 3.70. The van der Waals surface area contributed by atoms with Crippen LogP contribution in [0.4, 0.5) is 0 Å². The molecule has 0 bridgehead atoms. The van der Waals surface area contributed by atoms with Gasteiger partial charge in [0, 0.05) is 11.8 Å². The molecule has 0 amide bonds. The van der Waals surface area contributed by atoms with Crippen LogP contribution in [0.15, 0.2) is 42.6 Å². The first-order chi connectivity index (χ1) is 8.24. The topological polar surface area (TPSA) is 30.2 Å². The van der Waals surface area contributed by atoms with Gasteiger partial charge in [0.25, 0.3) is 0 Å². The molecule has 0 radical (unpaired) electrons. The molecule has 0 aliphatic carbocycles. The molecule has 0 unspecified atom stereocenters. The molecule has 0 aliphatic rings. The molecule has 2 aromatic heterocycles. The maximum absolute atomic E-state index is 4.26.